The van der Waals surface area contributed by atoms with Crippen LogP contribution in [0.5, 0.6) is 0 Å². The Morgan fingerprint density at radius 1 is 1.20 bits per heavy atom. The molecule has 0 aliphatic rings. The highest BCUT2D eigenvalue weighted by atomic mass is 16.5. The molecule has 0 saturated carbocycles. The van der Waals surface area contributed by atoms with E-state index in [1.807, 2.05) is 0 Å². The molecule has 0 fully saturated rings. The summed E-state index contributed by atoms with van der Waals surface area (Å²) in [5.74, 6) is -1.12. The van der Waals surface area contributed by atoms with Gasteiger partial charge in [0.25, 0.3) is 0 Å². The number of nitrogens with one attached hydrogen (secondary N) is 2. The number of carboxylic acid groups (broad SMARTS) is 1. The van der Waals surface area contributed by atoms with Crippen molar-refractivity contribution in [2.45, 2.75) is 45.8 Å². The molecule has 7 heteroatoms. The maximum atomic E-state index is 11.6. The van der Waals surface area contributed by atoms with Crippen LogP contribution < -0.4 is 10.6 Å². The van der Waals surface area contributed by atoms with Crippen molar-refractivity contribution in [1.29, 1.82) is 0 Å². The van der Waals surface area contributed by atoms with Crippen molar-refractivity contribution in [3.63, 3.8) is 0 Å². The van der Waals surface area contributed by atoms with Crippen LogP contribution in [0.4, 0.5) is 4.79 Å². The fourth-order valence-electron chi connectivity index (χ4n) is 1.96. The van der Waals surface area contributed by atoms with Crippen molar-refractivity contribution in [2.24, 2.45) is 0 Å². The van der Waals surface area contributed by atoms with E-state index in [9.17, 15) is 9.59 Å². The maximum absolute atomic E-state index is 11.6. The number of amides is 2. The summed E-state index contributed by atoms with van der Waals surface area (Å²) >= 11 is 0. The Morgan fingerprint density at radius 3 is 2.15 bits per heavy atom. The molecule has 0 spiro atoms. The van der Waals surface area contributed by atoms with Gasteiger partial charge in [0.1, 0.15) is 0 Å². The van der Waals surface area contributed by atoms with E-state index in [0.717, 1.165) is 0 Å². The number of methoxy groups -OCH3 is 1. The first kappa shape index (κ1) is 18.7. The smallest absolute Gasteiger partial charge is 0.328 e. The molecule has 0 aliphatic heterocycles. The minimum atomic E-state index is -1.12. The summed E-state index contributed by atoms with van der Waals surface area (Å²) < 4.78 is 4.74. The Morgan fingerprint density at radius 2 is 1.75 bits per heavy atom. The van der Waals surface area contributed by atoms with Gasteiger partial charge in [0, 0.05) is 32.3 Å². The Kier molecular flexibility index (Phi) is 8.91. The summed E-state index contributed by atoms with van der Waals surface area (Å²) in [5, 5.41) is 13.9. The topological polar surface area (TPSA) is 90.9 Å². The molecule has 1 atom stereocenters. The van der Waals surface area contributed by atoms with E-state index in [4.69, 9.17) is 9.84 Å². The zero-order chi connectivity index (χ0) is 15.7. The monoisotopic (exact) mass is 289 g/mol. The van der Waals surface area contributed by atoms with Gasteiger partial charge in [0.05, 0.1) is 6.61 Å². The van der Waals surface area contributed by atoms with Crippen molar-refractivity contribution in [3.05, 3.63) is 0 Å². The lowest BCUT2D eigenvalue weighted by molar-refractivity contribution is -0.140. The molecule has 20 heavy (non-hydrogen) atoms. The van der Waals surface area contributed by atoms with Crippen molar-refractivity contribution >= 4 is 12.0 Å². The second-order valence-electron chi connectivity index (χ2n) is 5.17. The first-order chi connectivity index (χ1) is 9.29. The number of carbonyl (C=O) groups is 2. The molecular weight excluding hydrogens is 262 g/mol. The van der Waals surface area contributed by atoms with Crippen LogP contribution in [0.15, 0.2) is 0 Å². The fourth-order valence-corrected chi connectivity index (χ4v) is 1.96. The maximum Gasteiger partial charge on any atom is 0.328 e. The fraction of sp³-hybridized carbons (Fsp3) is 0.846. The molecule has 0 rings (SSSR count). The summed E-state index contributed by atoms with van der Waals surface area (Å²) in [5.41, 5.74) is 0. The van der Waals surface area contributed by atoms with E-state index in [1.165, 1.54) is 7.11 Å². The molecule has 118 valence electrons. The molecule has 0 bridgehead atoms. The number of nitrogens with zero attached hydrogens (tertiary/aromatic N) is 1. The van der Waals surface area contributed by atoms with E-state index >= 15 is 0 Å². The summed E-state index contributed by atoms with van der Waals surface area (Å²) in [6, 6.07) is -0.756. The van der Waals surface area contributed by atoms with E-state index in [2.05, 4.69) is 43.2 Å². The van der Waals surface area contributed by atoms with Gasteiger partial charge in [0.15, 0.2) is 6.04 Å². The van der Waals surface area contributed by atoms with Crippen LogP contribution in [-0.2, 0) is 9.53 Å². The largest absolute Gasteiger partial charge is 0.480 e. The number of aliphatic carboxylic acids is 1. The minimum Gasteiger partial charge on any atom is -0.480 e. The normalized spacial score (nSPS) is 12.8. The number of carbonyl (C=O) groups excluding carboxylic acids is 1. The Balaban J connectivity index is 4.12. The van der Waals surface area contributed by atoms with Crippen LogP contribution >= 0.6 is 0 Å². The zero-order valence-corrected chi connectivity index (χ0v) is 13.0. The summed E-state index contributed by atoms with van der Waals surface area (Å²) in [7, 11) is 1.39. The van der Waals surface area contributed by atoms with Gasteiger partial charge >= 0.3 is 12.0 Å². The molecule has 0 saturated heterocycles. The average Bonchev–Trinajstić information content (AvgIpc) is 2.32. The molecular formula is C13H27N3O4. The van der Waals surface area contributed by atoms with Gasteiger partial charge in [-0.3, -0.25) is 4.90 Å². The highest BCUT2D eigenvalue weighted by Gasteiger charge is 2.19. The second-order valence-corrected chi connectivity index (χ2v) is 5.17. The predicted octanol–water partition coefficient (Wildman–Crippen LogP) is 0.504. The SMILES string of the molecule is COCC(NC(=O)NCCN(C(C)C)C(C)C)C(=O)O. The minimum absolute atomic E-state index is 0.0626. The lowest BCUT2D eigenvalue weighted by Gasteiger charge is -2.30. The van der Waals surface area contributed by atoms with Gasteiger partial charge in [-0.05, 0) is 27.7 Å². The highest BCUT2D eigenvalue weighted by Crippen LogP contribution is 2.03. The van der Waals surface area contributed by atoms with E-state index in [-0.39, 0.29) is 6.61 Å². The Hall–Kier alpha value is -1.34. The molecule has 7 nitrogen and oxygen atoms in total. The second kappa shape index (κ2) is 9.55. The Labute approximate surface area is 120 Å². The van der Waals surface area contributed by atoms with E-state index < -0.39 is 18.0 Å². The van der Waals surface area contributed by atoms with Gasteiger partial charge in [-0.15, -0.1) is 0 Å². The summed E-state index contributed by atoms with van der Waals surface area (Å²) in [6.07, 6.45) is 0. The standard InChI is InChI=1S/C13H27N3O4/c1-9(2)16(10(3)4)7-6-14-13(19)15-11(8-20-5)12(17)18/h9-11H,6-8H2,1-5H3,(H,17,18)(H2,14,15,19). The Bertz CT molecular complexity index is 300. The van der Waals surface area contributed by atoms with Crippen molar-refractivity contribution < 1.29 is 19.4 Å². The molecule has 0 heterocycles. The van der Waals surface area contributed by atoms with Crippen LogP contribution in [0.2, 0.25) is 0 Å². The van der Waals surface area contributed by atoms with Crippen LogP contribution in [0.1, 0.15) is 27.7 Å². The van der Waals surface area contributed by atoms with Crippen LogP contribution in [0, 0.1) is 0 Å². The third kappa shape index (κ3) is 7.30. The number of rotatable bonds is 9. The van der Waals surface area contributed by atoms with Crippen LogP contribution in [0.3, 0.4) is 0 Å². The van der Waals surface area contributed by atoms with E-state index in [1.54, 1.807) is 0 Å². The molecule has 0 aliphatic carbocycles. The van der Waals surface area contributed by atoms with E-state index in [0.29, 0.717) is 25.2 Å². The molecule has 1 unspecified atom stereocenters. The van der Waals surface area contributed by atoms with Crippen LogP contribution in [0.25, 0.3) is 0 Å². The number of ether oxygens (including phenoxy) is 1. The van der Waals surface area contributed by atoms with Gasteiger partial charge in [-0.1, -0.05) is 0 Å². The summed E-state index contributed by atoms with van der Waals surface area (Å²) in [6.45, 7) is 9.50. The lowest BCUT2D eigenvalue weighted by atomic mass is 10.2. The first-order valence-corrected chi connectivity index (χ1v) is 6.81. The molecule has 3 N–H and O–H groups in total. The number of urea groups is 1. The first-order valence-electron chi connectivity index (χ1n) is 6.81. The molecule has 0 aromatic carbocycles. The molecule has 0 radical (unpaired) electrons. The molecule has 0 aromatic heterocycles. The van der Waals surface area contributed by atoms with Crippen LogP contribution in [-0.4, -0.2) is 66.9 Å². The number of hydrogen-bond donors (Lipinski definition) is 3. The quantitative estimate of drug-likeness (QED) is 0.575. The van der Waals surface area contributed by atoms with Gasteiger partial charge in [0.2, 0.25) is 0 Å². The van der Waals surface area contributed by atoms with Crippen molar-refractivity contribution in [1.82, 2.24) is 15.5 Å². The third-order valence-corrected chi connectivity index (χ3v) is 2.92. The average molecular weight is 289 g/mol. The molecule has 2 amide bonds. The van der Waals surface area contributed by atoms with Crippen molar-refractivity contribution in [3.8, 4) is 0 Å². The predicted molar refractivity (Wildman–Crippen MR) is 76.8 cm³/mol. The van der Waals surface area contributed by atoms with Gasteiger partial charge in [-0.25, -0.2) is 9.59 Å². The number of hydrogen-bond acceptors (Lipinski definition) is 4. The van der Waals surface area contributed by atoms with Gasteiger partial charge in [-0.2, -0.15) is 0 Å². The number of carboxylic acids is 1. The lowest BCUT2D eigenvalue weighted by Crippen LogP contribution is -2.50. The third-order valence-electron chi connectivity index (χ3n) is 2.92. The zero-order valence-electron chi connectivity index (χ0n) is 13.0. The summed E-state index contributed by atoms with van der Waals surface area (Å²) in [4.78, 5) is 24.7. The van der Waals surface area contributed by atoms with Gasteiger partial charge < -0.3 is 20.5 Å². The highest BCUT2D eigenvalue weighted by molar-refractivity contribution is 5.82. The van der Waals surface area contributed by atoms with Crippen molar-refractivity contribution in [2.75, 3.05) is 26.8 Å². The molecule has 0 aromatic rings.